The van der Waals surface area contributed by atoms with Crippen molar-refractivity contribution in [1.29, 1.82) is 0 Å². The van der Waals surface area contributed by atoms with Crippen LogP contribution < -0.4 is 10.1 Å². The van der Waals surface area contributed by atoms with E-state index in [1.165, 1.54) is 0 Å². The van der Waals surface area contributed by atoms with Gasteiger partial charge >= 0.3 is 12.0 Å². The molecule has 0 radical (unpaired) electrons. The molecule has 6 nitrogen and oxygen atoms in total. The lowest BCUT2D eigenvalue weighted by molar-refractivity contribution is -0.142. The van der Waals surface area contributed by atoms with Crippen LogP contribution in [0.1, 0.15) is 12.5 Å². The number of urea groups is 1. The fourth-order valence-electron chi connectivity index (χ4n) is 2.53. The van der Waals surface area contributed by atoms with Gasteiger partial charge in [-0.3, -0.25) is 4.79 Å². The molecule has 1 aromatic rings. The number of carbonyl (C=O) groups excluding carboxylic acids is 1. The second-order valence-electron chi connectivity index (χ2n) is 5.34. The summed E-state index contributed by atoms with van der Waals surface area (Å²) in [6, 6.07) is 7.22. The van der Waals surface area contributed by atoms with Crippen LogP contribution >= 0.6 is 0 Å². The zero-order valence-corrected chi connectivity index (χ0v) is 12.2. The average Bonchev–Trinajstić information content (AvgIpc) is 2.87. The molecule has 1 aliphatic heterocycles. The van der Waals surface area contributed by atoms with E-state index in [9.17, 15) is 9.59 Å². The van der Waals surface area contributed by atoms with Gasteiger partial charge in [-0.2, -0.15) is 0 Å². The van der Waals surface area contributed by atoms with Crippen LogP contribution in [0.2, 0.25) is 0 Å². The van der Waals surface area contributed by atoms with Gasteiger partial charge in [-0.1, -0.05) is 19.1 Å². The Morgan fingerprint density at radius 2 is 2.19 bits per heavy atom. The van der Waals surface area contributed by atoms with Crippen molar-refractivity contribution in [3.05, 3.63) is 29.8 Å². The number of amides is 2. The second-order valence-corrected chi connectivity index (χ2v) is 5.34. The number of carboxylic acids is 1. The van der Waals surface area contributed by atoms with Gasteiger partial charge < -0.3 is 20.1 Å². The standard InChI is InChI=1S/C15H20N2O4/c1-10-8-17(9-13(10)14(18)19)15(20)16-7-11-4-3-5-12(6-11)21-2/h3-6,10,13H,7-9H2,1-2H3,(H,16,20)(H,18,19). The van der Waals surface area contributed by atoms with Crippen LogP contribution in [0.25, 0.3) is 0 Å². The molecule has 114 valence electrons. The first-order chi connectivity index (χ1) is 10.0. The van der Waals surface area contributed by atoms with Gasteiger partial charge in [0.15, 0.2) is 0 Å². The molecule has 0 bridgehead atoms. The van der Waals surface area contributed by atoms with Crippen molar-refractivity contribution in [3.8, 4) is 5.75 Å². The molecule has 2 atom stereocenters. The summed E-state index contributed by atoms with van der Waals surface area (Å²) < 4.78 is 5.13. The zero-order valence-electron chi connectivity index (χ0n) is 12.2. The number of nitrogens with zero attached hydrogens (tertiary/aromatic N) is 1. The number of benzene rings is 1. The fraction of sp³-hybridized carbons (Fsp3) is 0.467. The van der Waals surface area contributed by atoms with Gasteiger partial charge in [-0.05, 0) is 23.6 Å². The van der Waals surface area contributed by atoms with Crippen LogP contribution in [0.4, 0.5) is 4.79 Å². The molecule has 2 rings (SSSR count). The smallest absolute Gasteiger partial charge is 0.317 e. The Labute approximate surface area is 123 Å². The molecular formula is C15H20N2O4. The van der Waals surface area contributed by atoms with E-state index >= 15 is 0 Å². The minimum Gasteiger partial charge on any atom is -0.497 e. The third-order valence-electron chi connectivity index (χ3n) is 3.79. The van der Waals surface area contributed by atoms with Crippen LogP contribution in [-0.4, -0.2) is 42.2 Å². The Bertz CT molecular complexity index is 532. The minimum atomic E-state index is -0.842. The number of nitrogens with one attached hydrogen (secondary N) is 1. The Hall–Kier alpha value is -2.24. The summed E-state index contributed by atoms with van der Waals surface area (Å²) in [5, 5.41) is 11.9. The lowest BCUT2D eigenvalue weighted by Gasteiger charge is -2.17. The van der Waals surface area contributed by atoms with E-state index in [4.69, 9.17) is 9.84 Å². The molecule has 0 aromatic heterocycles. The zero-order chi connectivity index (χ0) is 15.4. The monoisotopic (exact) mass is 292 g/mol. The van der Waals surface area contributed by atoms with Crippen LogP contribution in [0.5, 0.6) is 5.75 Å². The summed E-state index contributed by atoms with van der Waals surface area (Å²) in [5.41, 5.74) is 0.935. The number of aliphatic carboxylic acids is 1. The number of rotatable bonds is 4. The Kier molecular flexibility index (Phi) is 4.67. The molecule has 2 N–H and O–H groups in total. The van der Waals surface area contributed by atoms with Crippen molar-refractivity contribution in [2.45, 2.75) is 13.5 Å². The summed E-state index contributed by atoms with van der Waals surface area (Å²) in [5.74, 6) is -0.606. The number of likely N-dealkylation sites (tertiary alicyclic amines) is 1. The maximum absolute atomic E-state index is 12.1. The second kappa shape index (κ2) is 6.47. The molecule has 1 heterocycles. The Balaban J connectivity index is 1.89. The molecule has 1 saturated heterocycles. The van der Waals surface area contributed by atoms with Gasteiger partial charge in [0.25, 0.3) is 0 Å². The highest BCUT2D eigenvalue weighted by atomic mass is 16.5. The van der Waals surface area contributed by atoms with Crippen molar-refractivity contribution in [2.75, 3.05) is 20.2 Å². The Morgan fingerprint density at radius 1 is 1.43 bits per heavy atom. The first kappa shape index (κ1) is 15.2. The van der Waals surface area contributed by atoms with E-state index in [0.717, 1.165) is 11.3 Å². The van der Waals surface area contributed by atoms with E-state index in [-0.39, 0.29) is 18.5 Å². The normalized spacial score (nSPS) is 21.1. The molecule has 0 aliphatic carbocycles. The number of hydrogen-bond donors (Lipinski definition) is 2. The van der Waals surface area contributed by atoms with Crippen molar-refractivity contribution in [3.63, 3.8) is 0 Å². The SMILES string of the molecule is COc1cccc(CNC(=O)N2CC(C)C(C(=O)O)C2)c1. The van der Waals surface area contributed by atoms with Crippen molar-refractivity contribution in [2.24, 2.45) is 11.8 Å². The first-order valence-corrected chi connectivity index (χ1v) is 6.89. The fourth-order valence-corrected chi connectivity index (χ4v) is 2.53. The molecule has 1 aromatic carbocycles. The number of methoxy groups -OCH3 is 1. The summed E-state index contributed by atoms with van der Waals surface area (Å²) in [6.45, 7) is 2.98. The maximum Gasteiger partial charge on any atom is 0.317 e. The van der Waals surface area contributed by atoms with E-state index in [2.05, 4.69) is 5.32 Å². The number of hydrogen-bond acceptors (Lipinski definition) is 3. The average molecular weight is 292 g/mol. The van der Waals surface area contributed by atoms with Crippen LogP contribution in [0, 0.1) is 11.8 Å². The predicted molar refractivity (Wildman–Crippen MR) is 77.1 cm³/mol. The summed E-state index contributed by atoms with van der Waals surface area (Å²) in [4.78, 5) is 24.7. The predicted octanol–water partition coefficient (Wildman–Crippen LogP) is 1.56. The molecule has 0 spiro atoms. The highest BCUT2D eigenvalue weighted by Gasteiger charge is 2.36. The first-order valence-electron chi connectivity index (χ1n) is 6.89. The molecule has 6 heteroatoms. The largest absolute Gasteiger partial charge is 0.497 e. The van der Waals surface area contributed by atoms with Gasteiger partial charge in [0.1, 0.15) is 5.75 Å². The minimum absolute atomic E-state index is 0.0231. The van der Waals surface area contributed by atoms with Crippen LogP contribution in [0.15, 0.2) is 24.3 Å². The molecule has 21 heavy (non-hydrogen) atoms. The van der Waals surface area contributed by atoms with Gasteiger partial charge in [-0.25, -0.2) is 4.79 Å². The van der Waals surface area contributed by atoms with E-state index in [1.54, 1.807) is 12.0 Å². The number of carbonyl (C=O) groups is 2. The van der Waals surface area contributed by atoms with Crippen molar-refractivity contribution in [1.82, 2.24) is 10.2 Å². The molecular weight excluding hydrogens is 272 g/mol. The molecule has 0 saturated carbocycles. The van der Waals surface area contributed by atoms with E-state index < -0.39 is 11.9 Å². The Morgan fingerprint density at radius 3 is 2.81 bits per heavy atom. The van der Waals surface area contributed by atoms with Crippen LogP contribution in [-0.2, 0) is 11.3 Å². The van der Waals surface area contributed by atoms with Crippen molar-refractivity contribution < 1.29 is 19.4 Å². The van der Waals surface area contributed by atoms with E-state index in [0.29, 0.717) is 13.1 Å². The molecule has 1 fully saturated rings. The number of carboxylic acid groups (broad SMARTS) is 1. The summed E-state index contributed by atoms with van der Waals surface area (Å²) >= 11 is 0. The van der Waals surface area contributed by atoms with Crippen molar-refractivity contribution >= 4 is 12.0 Å². The quantitative estimate of drug-likeness (QED) is 0.882. The lowest BCUT2D eigenvalue weighted by atomic mass is 9.99. The molecule has 1 aliphatic rings. The maximum atomic E-state index is 12.1. The molecule has 2 amide bonds. The summed E-state index contributed by atoms with van der Waals surface area (Å²) in [7, 11) is 1.59. The topological polar surface area (TPSA) is 78.9 Å². The number of ether oxygens (including phenoxy) is 1. The lowest BCUT2D eigenvalue weighted by Crippen LogP contribution is -2.38. The third kappa shape index (κ3) is 3.65. The summed E-state index contributed by atoms with van der Waals surface area (Å²) in [6.07, 6.45) is 0. The third-order valence-corrected chi connectivity index (χ3v) is 3.79. The molecule has 2 unspecified atom stereocenters. The van der Waals surface area contributed by atoms with Gasteiger partial charge in [0, 0.05) is 19.6 Å². The highest BCUT2D eigenvalue weighted by molar-refractivity contribution is 5.77. The highest BCUT2D eigenvalue weighted by Crippen LogP contribution is 2.23. The van der Waals surface area contributed by atoms with Gasteiger partial charge in [0.05, 0.1) is 13.0 Å². The van der Waals surface area contributed by atoms with Gasteiger partial charge in [0.2, 0.25) is 0 Å². The van der Waals surface area contributed by atoms with E-state index in [1.807, 2.05) is 31.2 Å². The van der Waals surface area contributed by atoms with Gasteiger partial charge in [-0.15, -0.1) is 0 Å². The van der Waals surface area contributed by atoms with Crippen LogP contribution in [0.3, 0.4) is 0 Å².